The predicted octanol–water partition coefficient (Wildman–Crippen LogP) is 1.64. The molecule has 4 heteroatoms. The predicted molar refractivity (Wildman–Crippen MR) is 77.9 cm³/mol. The van der Waals surface area contributed by atoms with Crippen molar-refractivity contribution in [2.45, 2.75) is 76.4 Å². The highest BCUT2D eigenvalue weighted by Gasteiger charge is 2.37. The number of rotatable bonds is 7. The number of carbonyl (C=O) groups is 1. The molecule has 0 aromatic carbocycles. The van der Waals surface area contributed by atoms with Gasteiger partial charge in [0.05, 0.1) is 0 Å². The van der Waals surface area contributed by atoms with Crippen molar-refractivity contribution >= 4 is 5.91 Å². The molecule has 2 saturated heterocycles. The molecule has 0 aliphatic carbocycles. The van der Waals surface area contributed by atoms with Gasteiger partial charge in [-0.2, -0.15) is 0 Å². The molecule has 2 unspecified atom stereocenters. The molecular formula is C15H29N3O. The zero-order valence-corrected chi connectivity index (χ0v) is 12.2. The van der Waals surface area contributed by atoms with Gasteiger partial charge in [0.15, 0.2) is 0 Å². The van der Waals surface area contributed by atoms with E-state index in [0.717, 1.165) is 31.6 Å². The van der Waals surface area contributed by atoms with Crippen LogP contribution in [0.3, 0.4) is 0 Å². The third kappa shape index (κ3) is 4.18. The number of fused-ring (bicyclic) bond motifs is 2. The van der Waals surface area contributed by atoms with E-state index < -0.39 is 0 Å². The van der Waals surface area contributed by atoms with Gasteiger partial charge >= 0.3 is 0 Å². The number of hydrogen-bond donors (Lipinski definition) is 2. The minimum Gasteiger partial charge on any atom is -0.370 e. The SMILES string of the molecule is CCCNC1CC2CCCC(C1)N2CCCC(N)=O. The lowest BCUT2D eigenvalue weighted by Crippen LogP contribution is -2.56. The largest absolute Gasteiger partial charge is 0.370 e. The molecule has 2 rings (SSSR count). The van der Waals surface area contributed by atoms with E-state index in [1.807, 2.05) is 0 Å². The molecule has 2 heterocycles. The molecule has 2 aliphatic rings. The Hall–Kier alpha value is -0.610. The molecule has 0 radical (unpaired) electrons. The summed E-state index contributed by atoms with van der Waals surface area (Å²) < 4.78 is 0. The number of hydrogen-bond acceptors (Lipinski definition) is 3. The van der Waals surface area contributed by atoms with Crippen LogP contribution in [0.4, 0.5) is 0 Å². The molecule has 2 atom stereocenters. The Balaban J connectivity index is 1.83. The summed E-state index contributed by atoms with van der Waals surface area (Å²) in [6, 6.07) is 2.17. The van der Waals surface area contributed by atoms with Crippen molar-refractivity contribution < 1.29 is 4.79 Å². The second kappa shape index (κ2) is 7.25. The van der Waals surface area contributed by atoms with E-state index in [-0.39, 0.29) is 5.91 Å². The fourth-order valence-corrected chi connectivity index (χ4v) is 3.79. The average molecular weight is 267 g/mol. The fraction of sp³-hybridized carbons (Fsp3) is 0.933. The molecule has 2 bridgehead atoms. The van der Waals surface area contributed by atoms with Gasteiger partial charge in [0.1, 0.15) is 0 Å². The van der Waals surface area contributed by atoms with E-state index in [0.29, 0.717) is 12.5 Å². The number of nitrogens with two attached hydrogens (primary N) is 1. The van der Waals surface area contributed by atoms with Gasteiger partial charge in [0, 0.05) is 24.5 Å². The average Bonchev–Trinajstić information content (AvgIpc) is 2.36. The Morgan fingerprint density at radius 1 is 1.32 bits per heavy atom. The Morgan fingerprint density at radius 3 is 2.58 bits per heavy atom. The van der Waals surface area contributed by atoms with Crippen LogP contribution in [0.5, 0.6) is 0 Å². The lowest BCUT2D eigenvalue weighted by atomic mass is 9.81. The van der Waals surface area contributed by atoms with Gasteiger partial charge in [0.25, 0.3) is 0 Å². The summed E-state index contributed by atoms with van der Waals surface area (Å²) in [4.78, 5) is 13.5. The lowest BCUT2D eigenvalue weighted by Gasteiger charge is -2.49. The summed E-state index contributed by atoms with van der Waals surface area (Å²) in [7, 11) is 0. The van der Waals surface area contributed by atoms with Crippen LogP contribution < -0.4 is 11.1 Å². The third-order valence-corrected chi connectivity index (χ3v) is 4.65. The van der Waals surface area contributed by atoms with Gasteiger partial charge in [-0.1, -0.05) is 13.3 Å². The van der Waals surface area contributed by atoms with Crippen LogP contribution in [0, 0.1) is 0 Å². The summed E-state index contributed by atoms with van der Waals surface area (Å²) >= 11 is 0. The first-order valence-electron chi connectivity index (χ1n) is 7.98. The molecule has 3 N–H and O–H groups in total. The normalized spacial score (nSPS) is 31.3. The van der Waals surface area contributed by atoms with E-state index in [1.54, 1.807) is 0 Å². The van der Waals surface area contributed by atoms with Crippen molar-refractivity contribution in [1.29, 1.82) is 0 Å². The monoisotopic (exact) mass is 267 g/mol. The Kier molecular flexibility index (Phi) is 5.64. The van der Waals surface area contributed by atoms with Crippen LogP contribution in [-0.4, -0.2) is 42.0 Å². The maximum Gasteiger partial charge on any atom is 0.217 e. The van der Waals surface area contributed by atoms with Gasteiger partial charge in [-0.3, -0.25) is 9.69 Å². The first-order chi connectivity index (χ1) is 9.20. The quantitative estimate of drug-likeness (QED) is 0.737. The van der Waals surface area contributed by atoms with E-state index in [1.165, 1.54) is 38.5 Å². The van der Waals surface area contributed by atoms with E-state index in [4.69, 9.17) is 5.73 Å². The van der Waals surface area contributed by atoms with Crippen molar-refractivity contribution in [2.75, 3.05) is 13.1 Å². The Labute approximate surface area is 117 Å². The minimum absolute atomic E-state index is 0.162. The van der Waals surface area contributed by atoms with Crippen LogP contribution in [0.2, 0.25) is 0 Å². The van der Waals surface area contributed by atoms with Crippen LogP contribution in [0.1, 0.15) is 58.3 Å². The summed E-state index contributed by atoms with van der Waals surface area (Å²) in [6.07, 6.45) is 9.29. The number of nitrogens with zero attached hydrogens (tertiary/aromatic N) is 1. The van der Waals surface area contributed by atoms with Crippen molar-refractivity contribution in [1.82, 2.24) is 10.2 Å². The van der Waals surface area contributed by atoms with Gasteiger partial charge < -0.3 is 11.1 Å². The molecule has 0 spiro atoms. The number of piperidine rings is 2. The molecule has 2 fully saturated rings. The molecule has 0 aromatic rings. The zero-order valence-electron chi connectivity index (χ0n) is 12.2. The third-order valence-electron chi connectivity index (χ3n) is 4.65. The highest BCUT2D eigenvalue weighted by Crippen LogP contribution is 2.34. The number of carbonyl (C=O) groups excluding carboxylic acids is 1. The molecule has 1 amide bonds. The van der Waals surface area contributed by atoms with Crippen LogP contribution in [0.25, 0.3) is 0 Å². The van der Waals surface area contributed by atoms with Crippen molar-refractivity contribution in [3.8, 4) is 0 Å². The molecule has 19 heavy (non-hydrogen) atoms. The smallest absolute Gasteiger partial charge is 0.217 e. The maximum absolute atomic E-state index is 10.9. The molecule has 0 saturated carbocycles. The summed E-state index contributed by atoms with van der Waals surface area (Å²) in [6.45, 7) is 4.43. The highest BCUT2D eigenvalue weighted by atomic mass is 16.1. The van der Waals surface area contributed by atoms with Crippen molar-refractivity contribution in [2.24, 2.45) is 5.73 Å². The van der Waals surface area contributed by atoms with Gasteiger partial charge in [-0.05, 0) is 51.6 Å². The van der Waals surface area contributed by atoms with Crippen molar-refractivity contribution in [3.63, 3.8) is 0 Å². The summed E-state index contributed by atoms with van der Waals surface area (Å²) in [5.41, 5.74) is 5.23. The van der Waals surface area contributed by atoms with Crippen LogP contribution >= 0.6 is 0 Å². The molecule has 110 valence electrons. The second-order valence-corrected chi connectivity index (χ2v) is 6.17. The standard InChI is InChI=1S/C15H29N3O/c1-2-8-17-12-10-13-5-3-6-14(11-12)18(13)9-4-7-15(16)19/h12-14,17H,2-11H2,1H3,(H2,16,19). The fourth-order valence-electron chi connectivity index (χ4n) is 3.79. The van der Waals surface area contributed by atoms with Crippen molar-refractivity contribution in [3.05, 3.63) is 0 Å². The Bertz CT molecular complexity index is 281. The summed E-state index contributed by atoms with van der Waals surface area (Å²) in [5, 5.41) is 3.69. The molecule has 0 aromatic heterocycles. The first-order valence-corrected chi connectivity index (χ1v) is 7.98. The maximum atomic E-state index is 10.9. The molecule has 2 aliphatic heterocycles. The molecular weight excluding hydrogens is 238 g/mol. The van der Waals surface area contributed by atoms with Crippen LogP contribution in [0.15, 0.2) is 0 Å². The van der Waals surface area contributed by atoms with E-state index in [2.05, 4.69) is 17.1 Å². The topological polar surface area (TPSA) is 58.4 Å². The number of primary amides is 1. The first kappa shape index (κ1) is 14.8. The van der Waals surface area contributed by atoms with Crippen LogP contribution in [-0.2, 0) is 4.79 Å². The highest BCUT2D eigenvalue weighted by molar-refractivity contribution is 5.73. The minimum atomic E-state index is -0.162. The lowest BCUT2D eigenvalue weighted by molar-refractivity contribution is -0.118. The number of amides is 1. The van der Waals surface area contributed by atoms with Gasteiger partial charge in [-0.25, -0.2) is 0 Å². The van der Waals surface area contributed by atoms with E-state index in [9.17, 15) is 4.79 Å². The number of nitrogens with one attached hydrogen (secondary N) is 1. The Morgan fingerprint density at radius 2 is 2.00 bits per heavy atom. The van der Waals surface area contributed by atoms with Gasteiger partial charge in [0.2, 0.25) is 5.91 Å². The molecule has 4 nitrogen and oxygen atoms in total. The van der Waals surface area contributed by atoms with Gasteiger partial charge in [-0.15, -0.1) is 0 Å². The zero-order chi connectivity index (χ0) is 13.7. The summed E-state index contributed by atoms with van der Waals surface area (Å²) in [5.74, 6) is -0.162. The van der Waals surface area contributed by atoms with E-state index >= 15 is 0 Å². The second-order valence-electron chi connectivity index (χ2n) is 6.17.